The molecule has 0 spiro atoms. The SMILES string of the molecule is CC(COc1ccccc1)N1CCCN(C(=O)c2cnccn2)CC1. The van der Waals surface area contributed by atoms with E-state index in [1.54, 1.807) is 12.4 Å². The van der Waals surface area contributed by atoms with E-state index in [9.17, 15) is 4.79 Å². The third-order valence-corrected chi connectivity index (χ3v) is 4.46. The zero-order valence-electron chi connectivity index (χ0n) is 14.5. The number of carbonyl (C=O) groups excluding carboxylic acids is 1. The van der Waals surface area contributed by atoms with Gasteiger partial charge in [0.05, 0.1) is 6.20 Å². The van der Waals surface area contributed by atoms with Crippen molar-refractivity contribution in [3.05, 3.63) is 54.6 Å². The molecule has 132 valence electrons. The Morgan fingerprint density at radius 1 is 1.16 bits per heavy atom. The topological polar surface area (TPSA) is 58.6 Å². The fraction of sp³-hybridized carbons (Fsp3) is 0.421. The van der Waals surface area contributed by atoms with Crippen LogP contribution in [0.25, 0.3) is 0 Å². The molecule has 1 amide bonds. The molecule has 1 saturated heterocycles. The maximum absolute atomic E-state index is 12.5. The Labute approximate surface area is 148 Å². The molecule has 25 heavy (non-hydrogen) atoms. The lowest BCUT2D eigenvalue weighted by molar-refractivity contribution is 0.0749. The first-order valence-corrected chi connectivity index (χ1v) is 8.71. The summed E-state index contributed by atoms with van der Waals surface area (Å²) < 4.78 is 5.86. The first-order valence-electron chi connectivity index (χ1n) is 8.71. The van der Waals surface area contributed by atoms with Crippen LogP contribution >= 0.6 is 0 Å². The summed E-state index contributed by atoms with van der Waals surface area (Å²) in [6, 6.07) is 10.2. The van der Waals surface area contributed by atoms with E-state index in [-0.39, 0.29) is 5.91 Å². The molecule has 0 N–H and O–H groups in total. The number of rotatable bonds is 5. The summed E-state index contributed by atoms with van der Waals surface area (Å²) in [5, 5.41) is 0. The number of hydrogen-bond acceptors (Lipinski definition) is 5. The Bertz CT molecular complexity index is 666. The lowest BCUT2D eigenvalue weighted by Crippen LogP contribution is -2.41. The van der Waals surface area contributed by atoms with Crippen molar-refractivity contribution in [2.24, 2.45) is 0 Å². The number of para-hydroxylation sites is 1. The number of aromatic nitrogens is 2. The summed E-state index contributed by atoms with van der Waals surface area (Å²) in [7, 11) is 0. The van der Waals surface area contributed by atoms with E-state index < -0.39 is 0 Å². The van der Waals surface area contributed by atoms with Gasteiger partial charge < -0.3 is 9.64 Å². The van der Waals surface area contributed by atoms with Gasteiger partial charge in [-0.3, -0.25) is 14.7 Å². The van der Waals surface area contributed by atoms with Crippen molar-refractivity contribution in [1.29, 1.82) is 0 Å². The van der Waals surface area contributed by atoms with Gasteiger partial charge in [0.25, 0.3) is 5.91 Å². The lowest BCUT2D eigenvalue weighted by Gasteiger charge is -2.27. The zero-order valence-corrected chi connectivity index (χ0v) is 14.5. The van der Waals surface area contributed by atoms with Crippen LogP contribution in [0.1, 0.15) is 23.8 Å². The van der Waals surface area contributed by atoms with Crippen LogP contribution in [-0.4, -0.2) is 64.5 Å². The summed E-state index contributed by atoms with van der Waals surface area (Å²) in [5.41, 5.74) is 0.413. The summed E-state index contributed by atoms with van der Waals surface area (Å²) in [5.74, 6) is 0.853. The van der Waals surface area contributed by atoms with Gasteiger partial charge in [0.15, 0.2) is 0 Å². The summed E-state index contributed by atoms with van der Waals surface area (Å²) in [6.45, 7) is 6.06. The minimum atomic E-state index is -0.0388. The smallest absolute Gasteiger partial charge is 0.274 e. The molecular weight excluding hydrogens is 316 g/mol. The Balaban J connectivity index is 1.51. The average Bonchev–Trinajstić information content (AvgIpc) is 2.93. The molecule has 0 radical (unpaired) electrons. The van der Waals surface area contributed by atoms with Gasteiger partial charge in [-0.2, -0.15) is 0 Å². The van der Waals surface area contributed by atoms with E-state index in [2.05, 4.69) is 21.8 Å². The lowest BCUT2D eigenvalue weighted by atomic mass is 10.2. The Kier molecular flexibility index (Phi) is 5.95. The van der Waals surface area contributed by atoms with Crippen LogP contribution in [-0.2, 0) is 0 Å². The van der Waals surface area contributed by atoms with Crippen LogP contribution in [0, 0.1) is 0 Å². The van der Waals surface area contributed by atoms with Gasteiger partial charge >= 0.3 is 0 Å². The minimum Gasteiger partial charge on any atom is -0.492 e. The quantitative estimate of drug-likeness (QED) is 0.834. The van der Waals surface area contributed by atoms with Gasteiger partial charge in [0.1, 0.15) is 18.1 Å². The van der Waals surface area contributed by atoms with Crippen molar-refractivity contribution >= 4 is 5.91 Å². The number of benzene rings is 1. The zero-order chi connectivity index (χ0) is 17.5. The van der Waals surface area contributed by atoms with Crippen LogP contribution in [0.15, 0.2) is 48.9 Å². The number of amides is 1. The maximum atomic E-state index is 12.5. The molecule has 6 nitrogen and oxygen atoms in total. The summed E-state index contributed by atoms with van der Waals surface area (Å²) in [4.78, 5) is 24.9. The van der Waals surface area contributed by atoms with Gasteiger partial charge in [0, 0.05) is 44.6 Å². The maximum Gasteiger partial charge on any atom is 0.274 e. The molecule has 1 aromatic carbocycles. The van der Waals surface area contributed by atoms with Gasteiger partial charge in [0.2, 0.25) is 0 Å². The van der Waals surface area contributed by atoms with Crippen LogP contribution in [0.2, 0.25) is 0 Å². The molecule has 3 rings (SSSR count). The van der Waals surface area contributed by atoms with E-state index in [1.165, 1.54) is 6.20 Å². The molecule has 2 aromatic rings. The third-order valence-electron chi connectivity index (χ3n) is 4.46. The largest absolute Gasteiger partial charge is 0.492 e. The van der Waals surface area contributed by atoms with Crippen LogP contribution < -0.4 is 4.74 Å². The number of hydrogen-bond donors (Lipinski definition) is 0. The van der Waals surface area contributed by atoms with Gasteiger partial charge in [-0.05, 0) is 25.5 Å². The van der Waals surface area contributed by atoms with Crippen molar-refractivity contribution in [1.82, 2.24) is 19.8 Å². The monoisotopic (exact) mass is 340 g/mol. The van der Waals surface area contributed by atoms with Gasteiger partial charge in [-0.1, -0.05) is 18.2 Å². The highest BCUT2D eigenvalue weighted by Gasteiger charge is 2.23. The Hall–Kier alpha value is -2.47. The second kappa shape index (κ2) is 8.58. The molecule has 1 aromatic heterocycles. The van der Waals surface area contributed by atoms with Crippen molar-refractivity contribution in [2.45, 2.75) is 19.4 Å². The molecule has 0 saturated carbocycles. The summed E-state index contributed by atoms with van der Waals surface area (Å²) in [6.07, 6.45) is 5.61. The van der Waals surface area contributed by atoms with E-state index >= 15 is 0 Å². The van der Waals surface area contributed by atoms with Gasteiger partial charge in [-0.25, -0.2) is 4.98 Å². The Morgan fingerprint density at radius 2 is 2.00 bits per heavy atom. The predicted molar refractivity (Wildman–Crippen MR) is 95.5 cm³/mol. The molecule has 0 bridgehead atoms. The van der Waals surface area contributed by atoms with E-state index in [0.717, 1.165) is 31.8 Å². The van der Waals surface area contributed by atoms with Crippen molar-refractivity contribution in [2.75, 3.05) is 32.8 Å². The molecule has 0 aliphatic carbocycles. The fourth-order valence-electron chi connectivity index (χ4n) is 2.99. The van der Waals surface area contributed by atoms with Crippen LogP contribution in [0.3, 0.4) is 0 Å². The van der Waals surface area contributed by atoms with Crippen molar-refractivity contribution in [3.8, 4) is 5.75 Å². The number of carbonyl (C=O) groups is 1. The molecule has 1 fully saturated rings. The minimum absolute atomic E-state index is 0.0388. The number of nitrogens with zero attached hydrogens (tertiary/aromatic N) is 4. The van der Waals surface area contributed by atoms with Crippen molar-refractivity contribution in [3.63, 3.8) is 0 Å². The van der Waals surface area contributed by atoms with E-state index in [1.807, 2.05) is 35.2 Å². The molecule has 1 aliphatic rings. The highest BCUT2D eigenvalue weighted by molar-refractivity contribution is 5.91. The first-order chi connectivity index (χ1) is 12.2. The molecule has 2 heterocycles. The normalized spacial score (nSPS) is 16.9. The van der Waals surface area contributed by atoms with E-state index in [4.69, 9.17) is 4.74 Å². The first kappa shape index (κ1) is 17.4. The van der Waals surface area contributed by atoms with Gasteiger partial charge in [-0.15, -0.1) is 0 Å². The van der Waals surface area contributed by atoms with Crippen LogP contribution in [0.4, 0.5) is 0 Å². The molecule has 1 atom stereocenters. The fourth-order valence-corrected chi connectivity index (χ4v) is 2.99. The highest BCUT2D eigenvalue weighted by Crippen LogP contribution is 2.13. The average molecular weight is 340 g/mol. The Morgan fingerprint density at radius 3 is 2.76 bits per heavy atom. The molecule has 1 unspecified atom stereocenters. The second-order valence-electron chi connectivity index (χ2n) is 6.25. The van der Waals surface area contributed by atoms with Crippen LogP contribution in [0.5, 0.6) is 5.75 Å². The second-order valence-corrected chi connectivity index (χ2v) is 6.25. The van der Waals surface area contributed by atoms with Crippen molar-refractivity contribution < 1.29 is 9.53 Å². The standard InChI is InChI=1S/C19H24N4O2/c1-16(15-25-17-6-3-2-4-7-17)22-10-5-11-23(13-12-22)19(24)18-14-20-8-9-21-18/h2-4,6-9,14,16H,5,10-13,15H2,1H3. The molecule has 6 heteroatoms. The summed E-state index contributed by atoms with van der Waals surface area (Å²) >= 11 is 0. The molecule has 1 aliphatic heterocycles. The van der Waals surface area contributed by atoms with E-state index in [0.29, 0.717) is 24.9 Å². The number of ether oxygens (including phenoxy) is 1. The predicted octanol–water partition coefficient (Wildman–Crippen LogP) is 2.09. The highest BCUT2D eigenvalue weighted by atomic mass is 16.5. The molecular formula is C19H24N4O2. The third kappa shape index (κ3) is 4.76.